The van der Waals surface area contributed by atoms with Gasteiger partial charge in [-0.15, -0.1) is 30.1 Å². The molecule has 0 saturated carbocycles. The maximum atomic E-state index is 8.50. The molecule has 13 heavy (non-hydrogen) atoms. The zero-order chi connectivity index (χ0) is 8.69. The van der Waals surface area contributed by atoms with E-state index in [1.54, 1.807) is 31.2 Å². The van der Waals surface area contributed by atoms with Gasteiger partial charge in [-0.05, 0) is 0 Å². The second-order valence-corrected chi connectivity index (χ2v) is 1.69. The van der Waals surface area contributed by atoms with Crippen LogP contribution in [-0.2, 0) is 0 Å². The van der Waals surface area contributed by atoms with E-state index in [9.17, 15) is 0 Å². The van der Waals surface area contributed by atoms with Crippen LogP contribution in [0.5, 0.6) is 0 Å². The van der Waals surface area contributed by atoms with Crippen LogP contribution in [0.1, 0.15) is 12.5 Å². The minimum Gasteiger partial charge on any atom is -0.401 e. The number of benzene rings is 1. The van der Waals surface area contributed by atoms with E-state index in [1.165, 1.54) is 0 Å². The number of hydrogen-bond acceptors (Lipinski definition) is 2. The molecule has 2 nitrogen and oxygen atoms in total. The van der Waals surface area contributed by atoms with Gasteiger partial charge < -0.3 is 17.1 Å². The summed E-state index contributed by atoms with van der Waals surface area (Å²) in [5.41, 5.74) is 0.442. The summed E-state index contributed by atoms with van der Waals surface area (Å²) in [4.78, 5) is 0. The summed E-state index contributed by atoms with van der Waals surface area (Å²) in [5, 5.41) is 17.0. The Hall–Kier alpha value is 0.0662. The molecule has 70 valence electrons. The summed E-state index contributed by atoms with van der Waals surface area (Å²) < 4.78 is 0. The Bertz CT molecular complexity index is 180. The number of hydrogen-bond donors (Lipinski definition) is 2. The Labute approximate surface area is 102 Å². The first kappa shape index (κ1) is 18.8. The fourth-order valence-corrected chi connectivity index (χ4v) is 0.587. The number of halogens is 1. The van der Waals surface area contributed by atoms with E-state index in [4.69, 9.17) is 10.2 Å². The molecular formula is C9H13ClMgO2. The fourth-order valence-electron chi connectivity index (χ4n) is 0.587. The van der Waals surface area contributed by atoms with E-state index in [-0.39, 0.29) is 35.5 Å². The molecule has 0 aromatic heterocycles. The second kappa shape index (κ2) is 12.1. The van der Waals surface area contributed by atoms with Gasteiger partial charge in [0.2, 0.25) is 0 Å². The van der Waals surface area contributed by atoms with Crippen molar-refractivity contribution in [3.8, 4) is 0 Å². The summed E-state index contributed by atoms with van der Waals surface area (Å²) >= 11 is 0. The van der Waals surface area contributed by atoms with E-state index in [2.05, 4.69) is 6.92 Å². The molecule has 0 aliphatic heterocycles. The summed E-state index contributed by atoms with van der Waals surface area (Å²) in [7, 11) is 0. The van der Waals surface area contributed by atoms with Crippen LogP contribution < -0.4 is 0 Å². The van der Waals surface area contributed by atoms with Gasteiger partial charge in [-0.1, -0.05) is 6.07 Å². The van der Waals surface area contributed by atoms with Crippen LogP contribution in [0.25, 0.3) is 0 Å². The van der Waals surface area contributed by atoms with Crippen LogP contribution in [-0.4, -0.2) is 33.3 Å². The Morgan fingerprint density at radius 2 is 1.46 bits per heavy atom. The van der Waals surface area contributed by atoms with Gasteiger partial charge in [-0.3, -0.25) is 0 Å². The average molecular weight is 213 g/mol. The van der Waals surface area contributed by atoms with Crippen molar-refractivity contribution < 1.29 is 10.2 Å². The van der Waals surface area contributed by atoms with Crippen LogP contribution in [0.15, 0.2) is 30.3 Å². The van der Waals surface area contributed by atoms with Crippen LogP contribution in [0.2, 0.25) is 0 Å². The van der Waals surface area contributed by atoms with Crippen LogP contribution in [0.3, 0.4) is 0 Å². The van der Waals surface area contributed by atoms with Gasteiger partial charge >= 0.3 is 23.1 Å². The van der Waals surface area contributed by atoms with Gasteiger partial charge in [-0.25, -0.2) is 0 Å². The van der Waals surface area contributed by atoms with E-state index in [0.29, 0.717) is 5.56 Å². The first-order valence-electron chi connectivity index (χ1n) is 3.32. The zero-order valence-electron chi connectivity index (χ0n) is 7.60. The smallest absolute Gasteiger partial charge is 0.401 e. The van der Waals surface area contributed by atoms with Gasteiger partial charge in [0.1, 0.15) is 0 Å². The topological polar surface area (TPSA) is 40.5 Å². The standard InChI is InChI=1S/C7H7O2.C2H5.ClH.Mg/c8-7(9)6-4-2-1-3-5-6;1-2;;/h1-5,8-9H;1H2,2H3;1H;/q2*-1;;+2. The summed E-state index contributed by atoms with van der Waals surface area (Å²) in [6, 6.07) is 8.53. The molecule has 0 spiro atoms. The Balaban J connectivity index is -0.000000234. The van der Waals surface area contributed by atoms with Crippen molar-refractivity contribution in [3.05, 3.63) is 49.1 Å². The molecule has 0 saturated heterocycles. The normalized spacial score (nSPS) is 6.77. The minimum absolute atomic E-state index is 0. The molecule has 0 aliphatic rings. The van der Waals surface area contributed by atoms with Crippen molar-refractivity contribution in [2.45, 2.75) is 6.92 Å². The van der Waals surface area contributed by atoms with Crippen LogP contribution in [0, 0.1) is 13.2 Å². The third-order valence-corrected chi connectivity index (χ3v) is 1.03. The summed E-state index contributed by atoms with van der Waals surface area (Å²) in [6.45, 7) is 5.00. The maximum absolute atomic E-state index is 8.50. The third-order valence-electron chi connectivity index (χ3n) is 1.03. The summed E-state index contributed by atoms with van der Waals surface area (Å²) in [5.74, 6) is 0. The predicted molar refractivity (Wildman–Crippen MR) is 56.7 cm³/mol. The first-order chi connectivity index (χ1) is 5.30. The molecule has 1 aromatic carbocycles. The van der Waals surface area contributed by atoms with E-state index in [1.807, 2.05) is 6.07 Å². The summed E-state index contributed by atoms with van der Waals surface area (Å²) in [6.07, 6.45) is -0.629. The quantitative estimate of drug-likeness (QED) is 0.554. The first-order valence-corrected chi connectivity index (χ1v) is 3.32. The third kappa shape index (κ3) is 8.40. The van der Waals surface area contributed by atoms with Gasteiger partial charge in [0.05, 0.1) is 6.29 Å². The van der Waals surface area contributed by atoms with Gasteiger partial charge in [0.25, 0.3) is 0 Å². The van der Waals surface area contributed by atoms with Crippen LogP contribution in [0.4, 0.5) is 0 Å². The molecule has 1 rings (SSSR count). The predicted octanol–water partition coefficient (Wildman–Crippen LogP) is 2.15. The van der Waals surface area contributed by atoms with Crippen molar-refractivity contribution in [1.29, 1.82) is 0 Å². The molecule has 4 heteroatoms. The van der Waals surface area contributed by atoms with E-state index in [0.717, 1.165) is 0 Å². The molecule has 2 N–H and O–H groups in total. The minimum atomic E-state index is -0.629. The Kier molecular flexibility index (Phi) is 17.4. The van der Waals surface area contributed by atoms with Crippen molar-refractivity contribution in [1.82, 2.24) is 0 Å². The largest absolute Gasteiger partial charge is 2.00 e. The van der Waals surface area contributed by atoms with Crippen molar-refractivity contribution in [2.75, 3.05) is 0 Å². The van der Waals surface area contributed by atoms with Crippen molar-refractivity contribution in [2.24, 2.45) is 0 Å². The maximum Gasteiger partial charge on any atom is 2.00 e. The van der Waals surface area contributed by atoms with Crippen molar-refractivity contribution >= 4 is 35.5 Å². The fraction of sp³-hybridized carbons (Fsp3) is 0.111. The van der Waals surface area contributed by atoms with Gasteiger partial charge in [0, 0.05) is 0 Å². The second-order valence-electron chi connectivity index (χ2n) is 1.69. The number of aliphatic hydroxyl groups is 2. The van der Waals surface area contributed by atoms with Crippen molar-refractivity contribution in [3.63, 3.8) is 0 Å². The molecule has 0 unspecified atom stereocenters. The van der Waals surface area contributed by atoms with Crippen LogP contribution >= 0.6 is 12.4 Å². The molecule has 0 atom stereocenters. The van der Waals surface area contributed by atoms with Gasteiger partial charge in [0.15, 0.2) is 0 Å². The molecule has 0 amide bonds. The SMILES string of the molecule is Cl.O[C-](O)c1ccccc1.[CH2-]C.[Mg+2]. The van der Waals surface area contributed by atoms with E-state index >= 15 is 0 Å². The molecule has 0 fully saturated rings. The molecule has 0 heterocycles. The van der Waals surface area contributed by atoms with Gasteiger partial charge in [-0.2, -0.15) is 19.1 Å². The zero-order valence-corrected chi connectivity index (χ0v) is 9.83. The molecular weight excluding hydrogens is 200 g/mol. The molecule has 0 radical (unpaired) electrons. The number of rotatable bonds is 1. The molecule has 0 bridgehead atoms. The average Bonchev–Trinajstić information content (AvgIpc) is 2.10. The Morgan fingerprint density at radius 3 is 1.69 bits per heavy atom. The van der Waals surface area contributed by atoms with E-state index < -0.39 is 6.29 Å². The molecule has 1 aromatic rings. The monoisotopic (exact) mass is 212 g/mol. The Morgan fingerprint density at radius 1 is 1.08 bits per heavy atom. The molecule has 0 aliphatic carbocycles. The number of aliphatic hydroxyl groups excluding tert-OH is 1.